The zero-order valence-corrected chi connectivity index (χ0v) is 18.4. The van der Waals surface area contributed by atoms with Gasteiger partial charge in [0.2, 0.25) is 0 Å². The number of hydrogen-bond acceptors (Lipinski definition) is 6. The Balaban J connectivity index is 1.97. The molecule has 0 aromatic heterocycles. The van der Waals surface area contributed by atoms with Crippen LogP contribution < -0.4 is 14.8 Å². The first-order valence-corrected chi connectivity index (χ1v) is 10.2. The Labute approximate surface area is 185 Å². The van der Waals surface area contributed by atoms with Gasteiger partial charge in [-0.05, 0) is 31.5 Å². The predicted molar refractivity (Wildman–Crippen MR) is 117 cm³/mol. The van der Waals surface area contributed by atoms with Crippen molar-refractivity contribution >= 4 is 29.1 Å². The summed E-state index contributed by atoms with van der Waals surface area (Å²) in [6, 6.07) is 10.8. The van der Waals surface area contributed by atoms with Crippen molar-refractivity contribution in [1.29, 1.82) is 0 Å². The number of ketones is 1. The summed E-state index contributed by atoms with van der Waals surface area (Å²) < 4.78 is 16.1. The molecule has 0 amide bonds. The molecule has 6 nitrogen and oxygen atoms in total. The summed E-state index contributed by atoms with van der Waals surface area (Å²) in [5.41, 5.74) is 4.21. The molecule has 1 heterocycles. The van der Waals surface area contributed by atoms with Crippen molar-refractivity contribution in [3.63, 3.8) is 0 Å². The molecule has 2 aliphatic rings. The molecule has 0 bridgehead atoms. The van der Waals surface area contributed by atoms with Crippen LogP contribution in [-0.2, 0) is 9.53 Å². The van der Waals surface area contributed by atoms with Crippen LogP contribution in [0.5, 0.6) is 11.5 Å². The first-order valence-electron chi connectivity index (χ1n) is 9.87. The van der Waals surface area contributed by atoms with Gasteiger partial charge >= 0.3 is 5.97 Å². The standard InChI is InChI=1S/C24H22ClNO5/c1-5-31-24(28)18-12(2)26-21-14-8-6-7-9-15(14)22(27)20(21)19(18)13-10-16(25)23(30-4)17(11-13)29-3/h6-11,19,26H,5H2,1-4H3/t19-/m1/s1. The summed E-state index contributed by atoms with van der Waals surface area (Å²) in [7, 11) is 3.01. The topological polar surface area (TPSA) is 73.9 Å². The van der Waals surface area contributed by atoms with Gasteiger partial charge in [0.05, 0.1) is 37.1 Å². The highest BCUT2D eigenvalue weighted by atomic mass is 35.5. The van der Waals surface area contributed by atoms with Gasteiger partial charge in [-0.3, -0.25) is 4.79 Å². The van der Waals surface area contributed by atoms with Gasteiger partial charge in [-0.1, -0.05) is 35.9 Å². The number of benzene rings is 2. The van der Waals surface area contributed by atoms with Crippen LogP contribution >= 0.6 is 11.6 Å². The third-order valence-corrected chi connectivity index (χ3v) is 5.81. The summed E-state index contributed by atoms with van der Waals surface area (Å²) in [5.74, 6) is -0.500. The molecule has 0 saturated heterocycles. The molecule has 4 rings (SSSR count). The highest BCUT2D eigenvalue weighted by Crippen LogP contribution is 2.49. The third-order valence-electron chi connectivity index (χ3n) is 5.53. The van der Waals surface area contributed by atoms with Crippen molar-refractivity contribution in [3.05, 3.63) is 75.0 Å². The zero-order chi connectivity index (χ0) is 22.3. The number of Topliss-reactive ketones (excluding diaryl/α,β-unsaturated/α-hetero) is 1. The fourth-order valence-electron chi connectivity index (χ4n) is 4.25. The molecule has 160 valence electrons. The van der Waals surface area contributed by atoms with Gasteiger partial charge in [0.25, 0.3) is 0 Å². The van der Waals surface area contributed by atoms with Crippen LogP contribution in [0.1, 0.15) is 41.3 Å². The van der Waals surface area contributed by atoms with E-state index in [0.29, 0.717) is 50.2 Å². The molecule has 31 heavy (non-hydrogen) atoms. The summed E-state index contributed by atoms with van der Waals surface area (Å²) in [5, 5.41) is 3.59. The molecule has 2 aromatic carbocycles. The Morgan fingerprint density at radius 2 is 1.84 bits per heavy atom. The van der Waals surface area contributed by atoms with Crippen molar-refractivity contribution in [2.45, 2.75) is 19.8 Å². The van der Waals surface area contributed by atoms with Crippen LogP contribution in [0, 0.1) is 0 Å². The number of hydrogen-bond donors (Lipinski definition) is 1. The normalized spacial score (nSPS) is 17.2. The van der Waals surface area contributed by atoms with Crippen LogP contribution in [0.4, 0.5) is 0 Å². The molecule has 1 aliphatic heterocycles. The van der Waals surface area contributed by atoms with Crippen LogP contribution in [0.2, 0.25) is 5.02 Å². The molecule has 0 saturated carbocycles. The summed E-state index contributed by atoms with van der Waals surface area (Å²) in [6.45, 7) is 3.76. The van der Waals surface area contributed by atoms with Crippen LogP contribution in [0.15, 0.2) is 53.2 Å². The highest BCUT2D eigenvalue weighted by Gasteiger charge is 2.43. The quantitative estimate of drug-likeness (QED) is 0.692. The van der Waals surface area contributed by atoms with Gasteiger partial charge in [-0.25, -0.2) is 4.79 Å². The lowest BCUT2D eigenvalue weighted by Crippen LogP contribution is -2.29. The molecule has 2 aromatic rings. The molecule has 0 spiro atoms. The molecule has 7 heteroatoms. The van der Waals surface area contributed by atoms with E-state index in [1.165, 1.54) is 14.2 Å². The fraction of sp³-hybridized carbons (Fsp3) is 0.250. The van der Waals surface area contributed by atoms with Crippen LogP contribution in [-0.4, -0.2) is 32.6 Å². The second-order valence-corrected chi connectivity index (χ2v) is 7.63. The van der Waals surface area contributed by atoms with Crippen LogP contribution in [0.25, 0.3) is 5.70 Å². The van der Waals surface area contributed by atoms with Gasteiger partial charge in [0.15, 0.2) is 17.3 Å². The van der Waals surface area contributed by atoms with Gasteiger partial charge in [-0.15, -0.1) is 0 Å². The van der Waals surface area contributed by atoms with Gasteiger partial charge < -0.3 is 19.5 Å². The maximum atomic E-state index is 13.4. The van der Waals surface area contributed by atoms with E-state index < -0.39 is 11.9 Å². The lowest BCUT2D eigenvalue weighted by atomic mass is 9.79. The van der Waals surface area contributed by atoms with Gasteiger partial charge in [-0.2, -0.15) is 0 Å². The van der Waals surface area contributed by atoms with E-state index in [2.05, 4.69) is 5.32 Å². The van der Waals surface area contributed by atoms with Crippen molar-refractivity contribution in [2.24, 2.45) is 0 Å². The predicted octanol–water partition coefficient (Wildman–Crippen LogP) is 4.49. The molecular formula is C24H22ClNO5. The Morgan fingerprint density at radius 3 is 2.48 bits per heavy atom. The average Bonchev–Trinajstić information content (AvgIpc) is 3.04. The molecule has 0 fully saturated rings. The second-order valence-electron chi connectivity index (χ2n) is 7.22. The largest absolute Gasteiger partial charge is 0.493 e. The summed E-state index contributed by atoms with van der Waals surface area (Å²) in [4.78, 5) is 26.4. The van der Waals surface area contributed by atoms with Crippen molar-refractivity contribution in [2.75, 3.05) is 20.8 Å². The number of esters is 1. The van der Waals surface area contributed by atoms with E-state index in [1.807, 2.05) is 18.2 Å². The number of dihydropyridines is 1. The number of carbonyl (C=O) groups is 2. The maximum Gasteiger partial charge on any atom is 0.336 e. The molecule has 1 aliphatic carbocycles. The van der Waals surface area contributed by atoms with E-state index in [1.54, 1.807) is 32.0 Å². The SMILES string of the molecule is CCOC(=O)C1=C(C)NC2=C(C(=O)c3ccccc32)[C@@H]1c1cc(Cl)c(OC)c(OC)c1. The minimum Gasteiger partial charge on any atom is -0.493 e. The summed E-state index contributed by atoms with van der Waals surface area (Å²) in [6.07, 6.45) is 0. The highest BCUT2D eigenvalue weighted by molar-refractivity contribution is 6.32. The minimum absolute atomic E-state index is 0.136. The lowest BCUT2D eigenvalue weighted by Gasteiger charge is -2.29. The Morgan fingerprint density at radius 1 is 1.13 bits per heavy atom. The number of allylic oxidation sites excluding steroid dienone is 2. The van der Waals surface area contributed by atoms with Crippen molar-refractivity contribution < 1.29 is 23.8 Å². The lowest BCUT2D eigenvalue weighted by molar-refractivity contribution is -0.138. The van der Waals surface area contributed by atoms with E-state index >= 15 is 0 Å². The molecular weight excluding hydrogens is 418 g/mol. The first-order chi connectivity index (χ1) is 14.9. The Kier molecular flexibility index (Phi) is 5.50. The number of rotatable bonds is 5. The average molecular weight is 440 g/mol. The molecule has 0 radical (unpaired) electrons. The van der Waals surface area contributed by atoms with Crippen LogP contribution in [0.3, 0.4) is 0 Å². The molecule has 1 N–H and O–H groups in total. The summed E-state index contributed by atoms with van der Waals surface area (Å²) >= 11 is 6.47. The maximum absolute atomic E-state index is 13.4. The van der Waals surface area contributed by atoms with E-state index in [9.17, 15) is 9.59 Å². The number of nitrogens with one attached hydrogen (secondary N) is 1. The monoisotopic (exact) mass is 439 g/mol. The number of ether oxygens (including phenoxy) is 3. The number of fused-ring (bicyclic) bond motifs is 2. The first kappa shape index (κ1) is 21.0. The number of methoxy groups -OCH3 is 2. The van der Waals surface area contributed by atoms with Crippen molar-refractivity contribution in [3.8, 4) is 11.5 Å². The minimum atomic E-state index is -0.674. The molecule has 1 atom stereocenters. The Hall–Kier alpha value is -3.25. The van der Waals surface area contributed by atoms with E-state index in [0.717, 1.165) is 5.56 Å². The van der Waals surface area contributed by atoms with Gasteiger partial charge in [0, 0.05) is 28.3 Å². The number of carbonyl (C=O) groups excluding carboxylic acids is 2. The van der Waals surface area contributed by atoms with E-state index in [-0.39, 0.29) is 12.4 Å². The van der Waals surface area contributed by atoms with E-state index in [4.69, 9.17) is 25.8 Å². The third kappa shape index (κ3) is 3.27. The van der Waals surface area contributed by atoms with Crippen molar-refractivity contribution in [1.82, 2.24) is 5.32 Å². The smallest absolute Gasteiger partial charge is 0.336 e. The molecule has 0 unspecified atom stereocenters. The fourth-order valence-corrected chi connectivity index (χ4v) is 4.54. The van der Waals surface area contributed by atoms with Gasteiger partial charge in [0.1, 0.15) is 0 Å². The second kappa shape index (κ2) is 8.12. The Bertz CT molecular complexity index is 1160. The number of halogens is 1. The zero-order valence-electron chi connectivity index (χ0n) is 17.7.